The van der Waals surface area contributed by atoms with E-state index < -0.39 is 0 Å². The number of nitrogens with two attached hydrogens (primary N) is 1. The van der Waals surface area contributed by atoms with Gasteiger partial charge in [0, 0.05) is 10.9 Å². The van der Waals surface area contributed by atoms with Crippen LogP contribution in [0.3, 0.4) is 0 Å². The Kier molecular flexibility index (Phi) is 2.62. The third kappa shape index (κ3) is 1.90. The molecule has 0 bridgehead atoms. The molecule has 4 heteroatoms. The van der Waals surface area contributed by atoms with Gasteiger partial charge in [0.1, 0.15) is 0 Å². The highest BCUT2D eigenvalue weighted by molar-refractivity contribution is 9.10. The van der Waals surface area contributed by atoms with Crippen molar-refractivity contribution in [2.45, 2.75) is 6.42 Å². The van der Waals surface area contributed by atoms with Crippen molar-refractivity contribution in [2.75, 3.05) is 6.54 Å². The van der Waals surface area contributed by atoms with Gasteiger partial charge in [0.25, 0.3) is 0 Å². The zero-order valence-electron chi connectivity index (χ0n) is 6.96. The van der Waals surface area contributed by atoms with Crippen molar-refractivity contribution in [3.05, 3.63) is 27.7 Å². The molecule has 0 aliphatic rings. The maximum Gasteiger partial charge on any atom is 0.0951 e. The van der Waals surface area contributed by atoms with Crippen LogP contribution in [0.1, 0.15) is 5.01 Å². The molecule has 0 saturated carbocycles. The smallest absolute Gasteiger partial charge is 0.0951 e. The van der Waals surface area contributed by atoms with Crippen LogP contribution in [-0.4, -0.2) is 11.5 Å². The zero-order chi connectivity index (χ0) is 9.26. The predicted octanol–water partition coefficient (Wildman–Crippen LogP) is 2.56. The fourth-order valence-corrected chi connectivity index (χ4v) is 2.71. The van der Waals surface area contributed by atoms with Gasteiger partial charge in [0.15, 0.2) is 0 Å². The van der Waals surface area contributed by atoms with Crippen LogP contribution in [0.4, 0.5) is 0 Å². The van der Waals surface area contributed by atoms with Crippen LogP contribution < -0.4 is 5.73 Å². The highest BCUT2D eigenvalue weighted by Gasteiger charge is 2.02. The number of fused-ring (bicyclic) bond motifs is 1. The molecule has 2 aromatic rings. The third-order valence-electron chi connectivity index (χ3n) is 1.75. The van der Waals surface area contributed by atoms with E-state index in [4.69, 9.17) is 5.73 Å². The summed E-state index contributed by atoms with van der Waals surface area (Å²) >= 11 is 5.15. The number of benzene rings is 1. The molecule has 1 aromatic heterocycles. The van der Waals surface area contributed by atoms with Crippen LogP contribution in [0.5, 0.6) is 0 Å². The quantitative estimate of drug-likeness (QED) is 0.897. The van der Waals surface area contributed by atoms with E-state index in [-0.39, 0.29) is 0 Å². The number of thiazole rings is 1. The molecule has 0 fully saturated rings. The molecule has 2 nitrogen and oxygen atoms in total. The van der Waals surface area contributed by atoms with Gasteiger partial charge < -0.3 is 5.73 Å². The van der Waals surface area contributed by atoms with Gasteiger partial charge in [-0.05, 0) is 24.7 Å². The van der Waals surface area contributed by atoms with Crippen molar-refractivity contribution in [1.29, 1.82) is 0 Å². The third-order valence-corrected chi connectivity index (χ3v) is 3.32. The van der Waals surface area contributed by atoms with Crippen molar-refractivity contribution in [2.24, 2.45) is 5.73 Å². The summed E-state index contributed by atoms with van der Waals surface area (Å²) in [6.07, 6.45) is 0.872. The molecule has 0 saturated heterocycles. The summed E-state index contributed by atoms with van der Waals surface area (Å²) in [5.74, 6) is 0. The molecule has 2 rings (SSSR count). The van der Waals surface area contributed by atoms with Gasteiger partial charge in [-0.3, -0.25) is 0 Å². The normalized spacial score (nSPS) is 10.9. The Hall–Kier alpha value is -0.450. The lowest BCUT2D eigenvalue weighted by molar-refractivity contribution is 0.958. The molecule has 0 amide bonds. The van der Waals surface area contributed by atoms with Crippen LogP contribution >= 0.6 is 27.3 Å². The summed E-state index contributed by atoms with van der Waals surface area (Å²) in [6.45, 7) is 0.668. The van der Waals surface area contributed by atoms with Crippen molar-refractivity contribution >= 4 is 37.5 Å². The van der Waals surface area contributed by atoms with E-state index in [1.807, 2.05) is 12.1 Å². The minimum atomic E-state index is 0.668. The van der Waals surface area contributed by atoms with Gasteiger partial charge in [-0.15, -0.1) is 11.3 Å². The Morgan fingerprint density at radius 1 is 1.46 bits per heavy atom. The summed E-state index contributed by atoms with van der Waals surface area (Å²) < 4.78 is 2.32. The standard InChI is InChI=1S/C9H9BrN2S/c10-6-1-2-7-8(5-6)13-9(12-7)3-4-11/h1-2,5H,3-4,11H2. The first-order chi connectivity index (χ1) is 6.29. The maximum absolute atomic E-state index is 5.47. The van der Waals surface area contributed by atoms with Crippen LogP contribution in [0.25, 0.3) is 10.2 Å². The van der Waals surface area contributed by atoms with Crippen molar-refractivity contribution in [1.82, 2.24) is 4.98 Å². The Balaban J connectivity index is 2.49. The number of halogens is 1. The molecule has 0 atom stereocenters. The highest BCUT2D eigenvalue weighted by Crippen LogP contribution is 2.25. The van der Waals surface area contributed by atoms with Crippen LogP contribution in [0.15, 0.2) is 22.7 Å². The summed E-state index contributed by atoms with van der Waals surface area (Å²) in [5.41, 5.74) is 6.54. The summed E-state index contributed by atoms with van der Waals surface area (Å²) in [5, 5.41) is 1.12. The molecule has 0 radical (unpaired) electrons. The van der Waals surface area contributed by atoms with Gasteiger partial charge in [0.05, 0.1) is 15.2 Å². The Morgan fingerprint density at radius 3 is 3.08 bits per heavy atom. The average Bonchev–Trinajstić information content (AvgIpc) is 2.46. The number of hydrogen-bond donors (Lipinski definition) is 1. The SMILES string of the molecule is NCCc1nc2ccc(Br)cc2s1. The van der Waals surface area contributed by atoms with Crippen molar-refractivity contribution in [3.8, 4) is 0 Å². The van der Waals surface area contributed by atoms with Gasteiger partial charge in [-0.1, -0.05) is 15.9 Å². The fraction of sp³-hybridized carbons (Fsp3) is 0.222. The van der Waals surface area contributed by atoms with Crippen LogP contribution in [-0.2, 0) is 6.42 Å². The molecule has 0 spiro atoms. The second kappa shape index (κ2) is 3.74. The van der Waals surface area contributed by atoms with E-state index in [0.29, 0.717) is 6.54 Å². The molecule has 0 unspecified atom stereocenters. The van der Waals surface area contributed by atoms with Crippen LogP contribution in [0, 0.1) is 0 Å². The minimum absolute atomic E-state index is 0.668. The first-order valence-corrected chi connectivity index (χ1v) is 5.65. The molecule has 1 aromatic carbocycles. The van der Waals surface area contributed by atoms with E-state index in [0.717, 1.165) is 21.4 Å². The Morgan fingerprint density at radius 2 is 2.31 bits per heavy atom. The number of rotatable bonds is 2. The monoisotopic (exact) mass is 256 g/mol. The Labute approximate surface area is 88.9 Å². The van der Waals surface area contributed by atoms with Crippen molar-refractivity contribution in [3.63, 3.8) is 0 Å². The van der Waals surface area contributed by atoms with E-state index >= 15 is 0 Å². The average molecular weight is 257 g/mol. The largest absolute Gasteiger partial charge is 0.330 e. The van der Waals surface area contributed by atoms with E-state index in [9.17, 15) is 0 Å². The molecule has 13 heavy (non-hydrogen) atoms. The summed E-state index contributed by atoms with van der Waals surface area (Å²) in [7, 11) is 0. The number of hydrogen-bond acceptors (Lipinski definition) is 3. The van der Waals surface area contributed by atoms with Gasteiger partial charge in [-0.25, -0.2) is 4.98 Å². The van der Waals surface area contributed by atoms with Gasteiger partial charge in [0.2, 0.25) is 0 Å². The molecule has 0 aliphatic carbocycles. The lowest BCUT2D eigenvalue weighted by Gasteiger charge is -1.87. The Bertz CT molecular complexity index is 424. The molecule has 68 valence electrons. The van der Waals surface area contributed by atoms with E-state index in [2.05, 4.69) is 27.0 Å². The first-order valence-electron chi connectivity index (χ1n) is 4.04. The molecule has 0 aliphatic heterocycles. The molecular weight excluding hydrogens is 248 g/mol. The molecular formula is C9H9BrN2S. The predicted molar refractivity (Wildman–Crippen MR) is 60.1 cm³/mol. The molecule has 1 heterocycles. The number of aromatic nitrogens is 1. The minimum Gasteiger partial charge on any atom is -0.330 e. The van der Waals surface area contributed by atoms with E-state index in [1.54, 1.807) is 11.3 Å². The first kappa shape index (κ1) is 9.12. The topological polar surface area (TPSA) is 38.9 Å². The lowest BCUT2D eigenvalue weighted by atomic mass is 10.3. The second-order valence-electron chi connectivity index (χ2n) is 2.76. The van der Waals surface area contributed by atoms with Crippen LogP contribution in [0.2, 0.25) is 0 Å². The maximum atomic E-state index is 5.47. The van der Waals surface area contributed by atoms with Gasteiger partial charge >= 0.3 is 0 Å². The number of nitrogens with zero attached hydrogens (tertiary/aromatic N) is 1. The summed E-state index contributed by atoms with van der Waals surface area (Å²) in [6, 6.07) is 6.12. The highest BCUT2D eigenvalue weighted by atomic mass is 79.9. The zero-order valence-corrected chi connectivity index (χ0v) is 9.36. The summed E-state index contributed by atoms with van der Waals surface area (Å²) in [4.78, 5) is 4.46. The van der Waals surface area contributed by atoms with Crippen molar-refractivity contribution < 1.29 is 0 Å². The lowest BCUT2D eigenvalue weighted by Crippen LogP contribution is -2.01. The second-order valence-corrected chi connectivity index (χ2v) is 4.79. The van der Waals surface area contributed by atoms with Gasteiger partial charge in [-0.2, -0.15) is 0 Å². The van der Waals surface area contributed by atoms with E-state index in [1.165, 1.54) is 4.70 Å². The molecule has 2 N–H and O–H groups in total. The fourth-order valence-electron chi connectivity index (χ4n) is 1.18.